The summed E-state index contributed by atoms with van der Waals surface area (Å²) in [5.41, 5.74) is 3.51. The summed E-state index contributed by atoms with van der Waals surface area (Å²) in [6.45, 7) is 2.15. The Morgan fingerprint density at radius 3 is 2.71 bits per heavy atom. The predicted octanol–water partition coefficient (Wildman–Crippen LogP) is 4.79. The number of carbonyl (C=O) groups excluding carboxylic acids is 1. The number of hydrogen-bond acceptors (Lipinski definition) is 3. The van der Waals surface area contributed by atoms with E-state index in [0.717, 1.165) is 44.9 Å². The van der Waals surface area contributed by atoms with E-state index in [1.54, 1.807) is 6.34 Å². The molecular weight excluding hydrogens is 436 g/mol. The lowest BCUT2D eigenvalue weighted by molar-refractivity contribution is -0.105. The van der Waals surface area contributed by atoms with Crippen molar-refractivity contribution in [2.45, 2.75) is 19.8 Å². The summed E-state index contributed by atoms with van der Waals surface area (Å²) in [6.07, 6.45) is 4.27. The van der Waals surface area contributed by atoms with E-state index in [-0.39, 0.29) is 0 Å². The molecule has 0 spiro atoms. The van der Waals surface area contributed by atoms with Crippen LogP contribution in [0, 0.1) is 5.92 Å². The molecule has 126 valence electrons. The van der Waals surface area contributed by atoms with E-state index in [2.05, 4.69) is 38.8 Å². The number of aldehydes is 1. The first-order valence-corrected chi connectivity index (χ1v) is 9.29. The summed E-state index contributed by atoms with van der Waals surface area (Å²) in [4.78, 5) is 18.2. The minimum Gasteiger partial charge on any atom is -0.455 e. The van der Waals surface area contributed by atoms with Crippen molar-refractivity contribution in [2.24, 2.45) is 10.9 Å². The van der Waals surface area contributed by atoms with Gasteiger partial charge < -0.3 is 9.64 Å². The molecule has 1 aromatic rings. The van der Waals surface area contributed by atoms with Crippen molar-refractivity contribution in [1.29, 1.82) is 0 Å². The number of nitrogens with zero attached hydrogens (tertiary/aromatic N) is 2. The van der Waals surface area contributed by atoms with Gasteiger partial charge in [0.1, 0.15) is 12.0 Å². The van der Waals surface area contributed by atoms with Gasteiger partial charge in [0.05, 0.1) is 16.5 Å². The number of carbonyl (C=O) groups is 1. The molecule has 0 bridgehead atoms. The molecule has 0 amide bonds. The highest BCUT2D eigenvalue weighted by molar-refractivity contribution is 9.11. The van der Waals surface area contributed by atoms with E-state index in [1.807, 2.05) is 31.1 Å². The molecule has 0 saturated heterocycles. The molecule has 1 heterocycles. The molecular formula is C18H18Br2N2O2. The molecule has 1 unspecified atom stereocenters. The summed E-state index contributed by atoms with van der Waals surface area (Å²) in [6, 6.07) is 3.94. The van der Waals surface area contributed by atoms with Gasteiger partial charge in [-0.1, -0.05) is 22.9 Å². The summed E-state index contributed by atoms with van der Waals surface area (Å²) in [7, 11) is 3.87. The molecule has 24 heavy (non-hydrogen) atoms. The Balaban J connectivity index is 2.30. The van der Waals surface area contributed by atoms with E-state index in [4.69, 9.17) is 9.73 Å². The third-order valence-corrected chi connectivity index (χ3v) is 5.05. The van der Waals surface area contributed by atoms with Gasteiger partial charge in [0, 0.05) is 35.3 Å². The Morgan fingerprint density at radius 1 is 1.29 bits per heavy atom. The smallest absolute Gasteiger partial charge is 0.151 e. The lowest BCUT2D eigenvalue weighted by atomic mass is 9.83. The second-order valence-electron chi connectivity index (χ2n) is 6.39. The maximum absolute atomic E-state index is 11.6. The lowest BCUT2D eigenvalue weighted by Crippen LogP contribution is -2.20. The molecule has 2 aliphatic rings. The molecule has 0 radical (unpaired) electrons. The molecule has 3 rings (SSSR count). The Bertz CT molecular complexity index is 794. The SMILES string of the molecule is CC1CC(C=O)=C2Oc3c(Br)cc(Br)cc3C(N=CN(C)C)=C2C1. The molecule has 1 aliphatic carbocycles. The number of halogens is 2. The van der Waals surface area contributed by atoms with E-state index in [1.165, 1.54) is 0 Å². The van der Waals surface area contributed by atoms with Crippen LogP contribution in [0.5, 0.6) is 5.75 Å². The van der Waals surface area contributed by atoms with Crippen molar-refractivity contribution in [3.05, 3.63) is 43.5 Å². The largest absolute Gasteiger partial charge is 0.455 e. The summed E-state index contributed by atoms with van der Waals surface area (Å²) in [5, 5.41) is 0. The van der Waals surface area contributed by atoms with Crippen molar-refractivity contribution >= 4 is 50.2 Å². The average Bonchev–Trinajstić information content (AvgIpc) is 2.51. The molecule has 0 fully saturated rings. The van der Waals surface area contributed by atoms with Crippen LogP contribution in [0.1, 0.15) is 25.3 Å². The number of fused-ring (bicyclic) bond motifs is 2. The zero-order chi connectivity index (χ0) is 17.4. The van der Waals surface area contributed by atoms with Crippen molar-refractivity contribution in [1.82, 2.24) is 4.90 Å². The van der Waals surface area contributed by atoms with Gasteiger partial charge in [0.15, 0.2) is 5.75 Å². The third-order valence-electron chi connectivity index (χ3n) is 4.00. The number of aliphatic imine (C=N–C) groups is 1. The van der Waals surface area contributed by atoms with E-state index in [0.29, 0.717) is 23.0 Å². The Kier molecular flexibility index (Phi) is 4.97. The normalized spacial score (nSPS) is 20.0. The van der Waals surface area contributed by atoms with Crippen LogP contribution in [-0.2, 0) is 4.79 Å². The van der Waals surface area contributed by atoms with Crippen LogP contribution in [0.2, 0.25) is 0 Å². The number of rotatable bonds is 3. The fourth-order valence-electron chi connectivity index (χ4n) is 3.03. The summed E-state index contributed by atoms with van der Waals surface area (Å²) in [5.74, 6) is 1.76. The quantitative estimate of drug-likeness (QED) is 0.375. The maximum Gasteiger partial charge on any atom is 0.151 e. The number of allylic oxidation sites excluding steroid dienone is 2. The first kappa shape index (κ1) is 17.4. The van der Waals surface area contributed by atoms with Gasteiger partial charge in [0.2, 0.25) is 0 Å². The summed E-state index contributed by atoms with van der Waals surface area (Å²) < 4.78 is 7.93. The fourth-order valence-corrected chi connectivity index (χ4v) is 4.34. The lowest BCUT2D eigenvalue weighted by Gasteiger charge is -2.31. The van der Waals surface area contributed by atoms with Gasteiger partial charge in [-0.15, -0.1) is 0 Å². The van der Waals surface area contributed by atoms with Gasteiger partial charge >= 0.3 is 0 Å². The monoisotopic (exact) mass is 452 g/mol. The molecule has 0 aromatic heterocycles. The highest BCUT2D eigenvalue weighted by Crippen LogP contribution is 2.48. The Hall–Kier alpha value is -1.40. The molecule has 1 aromatic carbocycles. The first-order valence-electron chi connectivity index (χ1n) is 7.70. The zero-order valence-electron chi connectivity index (χ0n) is 13.8. The van der Waals surface area contributed by atoms with E-state index in [9.17, 15) is 4.79 Å². The van der Waals surface area contributed by atoms with Gasteiger partial charge in [-0.3, -0.25) is 4.79 Å². The van der Waals surface area contributed by atoms with Crippen LogP contribution in [0.3, 0.4) is 0 Å². The molecule has 0 saturated carbocycles. The van der Waals surface area contributed by atoms with Gasteiger partial charge in [0.25, 0.3) is 0 Å². The highest BCUT2D eigenvalue weighted by Gasteiger charge is 2.33. The second-order valence-corrected chi connectivity index (χ2v) is 8.16. The number of benzene rings is 1. The highest BCUT2D eigenvalue weighted by atomic mass is 79.9. The molecule has 6 heteroatoms. The predicted molar refractivity (Wildman–Crippen MR) is 103 cm³/mol. The Labute approximate surface area is 158 Å². The molecule has 1 aliphatic heterocycles. The fraction of sp³-hybridized carbons (Fsp3) is 0.333. The van der Waals surface area contributed by atoms with Crippen LogP contribution in [0.4, 0.5) is 0 Å². The van der Waals surface area contributed by atoms with Gasteiger partial charge in [-0.2, -0.15) is 0 Å². The molecule has 0 N–H and O–H groups in total. The average molecular weight is 454 g/mol. The van der Waals surface area contributed by atoms with E-state index < -0.39 is 0 Å². The summed E-state index contributed by atoms with van der Waals surface area (Å²) >= 11 is 7.10. The zero-order valence-corrected chi connectivity index (χ0v) is 16.9. The number of ether oxygens (including phenoxy) is 1. The van der Waals surface area contributed by atoms with Crippen LogP contribution < -0.4 is 4.74 Å². The van der Waals surface area contributed by atoms with Gasteiger partial charge in [-0.25, -0.2) is 4.99 Å². The number of hydrogen-bond donors (Lipinski definition) is 0. The minimum absolute atomic E-state index is 0.384. The van der Waals surface area contributed by atoms with Crippen LogP contribution in [0.25, 0.3) is 5.70 Å². The van der Waals surface area contributed by atoms with Gasteiger partial charge in [-0.05, 0) is 46.8 Å². The molecule has 4 nitrogen and oxygen atoms in total. The molecule has 1 atom stereocenters. The standard InChI is InChI=1S/C18H18Br2N2O2/c1-10-4-11(8-23)17-13(5-10)16(21-9-22(2)3)14-6-12(19)7-15(20)18(14)24-17/h6-10H,4-5H2,1-3H3. The van der Waals surface area contributed by atoms with E-state index >= 15 is 0 Å². The van der Waals surface area contributed by atoms with Crippen molar-refractivity contribution in [3.8, 4) is 5.75 Å². The topological polar surface area (TPSA) is 41.9 Å². The third kappa shape index (κ3) is 3.22. The van der Waals surface area contributed by atoms with Crippen LogP contribution >= 0.6 is 31.9 Å². The minimum atomic E-state index is 0.384. The maximum atomic E-state index is 11.6. The Morgan fingerprint density at radius 2 is 2.04 bits per heavy atom. The van der Waals surface area contributed by atoms with Crippen molar-refractivity contribution in [3.63, 3.8) is 0 Å². The van der Waals surface area contributed by atoms with Crippen molar-refractivity contribution in [2.75, 3.05) is 14.1 Å². The first-order chi connectivity index (χ1) is 11.4. The van der Waals surface area contributed by atoms with Crippen LogP contribution in [0.15, 0.2) is 43.0 Å². The van der Waals surface area contributed by atoms with Crippen LogP contribution in [-0.4, -0.2) is 31.6 Å². The van der Waals surface area contributed by atoms with Crippen molar-refractivity contribution < 1.29 is 9.53 Å². The second kappa shape index (κ2) is 6.84.